The van der Waals surface area contributed by atoms with Crippen molar-refractivity contribution in [3.05, 3.63) is 23.9 Å². The molecule has 16 heavy (non-hydrogen) atoms. The van der Waals surface area contributed by atoms with Crippen molar-refractivity contribution in [2.45, 2.75) is 25.3 Å². The Kier molecular flexibility index (Phi) is 3.74. The van der Waals surface area contributed by atoms with Crippen LogP contribution in [-0.4, -0.2) is 24.2 Å². The Morgan fingerprint density at radius 2 is 2.19 bits per heavy atom. The van der Waals surface area contributed by atoms with E-state index in [4.69, 9.17) is 16.2 Å². The van der Waals surface area contributed by atoms with Crippen LogP contribution in [0.5, 0.6) is 0 Å². The fourth-order valence-electron chi connectivity index (χ4n) is 2.20. The molecule has 0 aromatic carbocycles. The molecule has 1 aromatic rings. The standard InChI is InChI=1S/C12H19N3O/c13-11(10-2-5-16-6-3-10)7-9-1-4-15-12(14)8-9/h1,4,8,10-11H,2-3,5-7,13H2,(H2,14,15). The van der Waals surface area contributed by atoms with Gasteiger partial charge in [-0.05, 0) is 42.9 Å². The van der Waals surface area contributed by atoms with E-state index in [-0.39, 0.29) is 6.04 Å². The fourth-order valence-corrected chi connectivity index (χ4v) is 2.20. The quantitative estimate of drug-likeness (QED) is 0.797. The number of ether oxygens (including phenoxy) is 1. The van der Waals surface area contributed by atoms with Gasteiger partial charge in [-0.2, -0.15) is 0 Å². The van der Waals surface area contributed by atoms with Crippen LogP contribution in [0.4, 0.5) is 5.82 Å². The second kappa shape index (κ2) is 5.27. The first kappa shape index (κ1) is 11.4. The van der Waals surface area contributed by atoms with E-state index in [0.717, 1.165) is 32.5 Å². The average Bonchev–Trinajstić information content (AvgIpc) is 2.30. The third kappa shape index (κ3) is 2.93. The molecule has 0 radical (unpaired) electrons. The van der Waals surface area contributed by atoms with E-state index in [1.165, 1.54) is 5.56 Å². The summed E-state index contributed by atoms with van der Waals surface area (Å²) >= 11 is 0. The van der Waals surface area contributed by atoms with Gasteiger partial charge in [-0.1, -0.05) is 0 Å². The van der Waals surface area contributed by atoms with Crippen molar-refractivity contribution in [1.29, 1.82) is 0 Å². The highest BCUT2D eigenvalue weighted by Gasteiger charge is 2.20. The maximum Gasteiger partial charge on any atom is 0.123 e. The lowest BCUT2D eigenvalue weighted by Crippen LogP contribution is -2.36. The van der Waals surface area contributed by atoms with Gasteiger partial charge in [0, 0.05) is 25.5 Å². The van der Waals surface area contributed by atoms with Gasteiger partial charge in [-0.25, -0.2) is 4.98 Å². The normalized spacial score (nSPS) is 19.6. The number of nitrogen functional groups attached to an aromatic ring is 1. The molecule has 88 valence electrons. The molecule has 1 unspecified atom stereocenters. The van der Waals surface area contributed by atoms with Gasteiger partial charge in [0.2, 0.25) is 0 Å². The van der Waals surface area contributed by atoms with E-state index >= 15 is 0 Å². The minimum Gasteiger partial charge on any atom is -0.384 e. The van der Waals surface area contributed by atoms with Crippen molar-refractivity contribution < 1.29 is 4.74 Å². The maximum atomic E-state index is 6.21. The van der Waals surface area contributed by atoms with E-state index in [2.05, 4.69) is 4.98 Å². The molecule has 4 heteroatoms. The molecule has 0 saturated carbocycles. The summed E-state index contributed by atoms with van der Waals surface area (Å²) in [6.07, 6.45) is 4.75. The van der Waals surface area contributed by atoms with Crippen molar-refractivity contribution in [3.8, 4) is 0 Å². The van der Waals surface area contributed by atoms with Gasteiger partial charge in [-0.3, -0.25) is 0 Å². The van der Waals surface area contributed by atoms with Gasteiger partial charge in [0.05, 0.1) is 0 Å². The summed E-state index contributed by atoms with van der Waals surface area (Å²) in [7, 11) is 0. The molecule has 1 aromatic heterocycles. The molecule has 0 amide bonds. The van der Waals surface area contributed by atoms with Crippen LogP contribution in [0.25, 0.3) is 0 Å². The Morgan fingerprint density at radius 1 is 1.44 bits per heavy atom. The summed E-state index contributed by atoms with van der Waals surface area (Å²) in [5.74, 6) is 1.14. The number of nitrogens with two attached hydrogens (primary N) is 2. The summed E-state index contributed by atoms with van der Waals surface area (Å²) in [5.41, 5.74) is 13.0. The number of hydrogen-bond acceptors (Lipinski definition) is 4. The summed E-state index contributed by atoms with van der Waals surface area (Å²) < 4.78 is 5.33. The second-order valence-electron chi connectivity index (χ2n) is 4.41. The van der Waals surface area contributed by atoms with Gasteiger partial charge < -0.3 is 16.2 Å². The molecule has 1 fully saturated rings. The van der Waals surface area contributed by atoms with Crippen molar-refractivity contribution in [1.82, 2.24) is 4.98 Å². The molecule has 1 saturated heterocycles. The van der Waals surface area contributed by atoms with Crippen LogP contribution in [0.1, 0.15) is 18.4 Å². The summed E-state index contributed by atoms with van der Waals surface area (Å²) in [4.78, 5) is 3.98. The van der Waals surface area contributed by atoms with Crippen molar-refractivity contribution in [2.24, 2.45) is 11.7 Å². The summed E-state index contributed by atoms with van der Waals surface area (Å²) in [6, 6.07) is 4.08. The molecule has 0 spiro atoms. The lowest BCUT2D eigenvalue weighted by molar-refractivity contribution is 0.0585. The molecule has 4 nitrogen and oxygen atoms in total. The van der Waals surface area contributed by atoms with Crippen molar-refractivity contribution in [3.63, 3.8) is 0 Å². The van der Waals surface area contributed by atoms with Crippen LogP contribution in [0, 0.1) is 5.92 Å². The zero-order chi connectivity index (χ0) is 11.4. The number of hydrogen-bond donors (Lipinski definition) is 2. The Bertz CT molecular complexity index is 337. The molecule has 1 atom stereocenters. The first-order valence-corrected chi connectivity index (χ1v) is 5.79. The minimum atomic E-state index is 0.200. The van der Waals surface area contributed by atoms with Gasteiger partial charge in [0.15, 0.2) is 0 Å². The highest BCUT2D eigenvalue weighted by molar-refractivity contribution is 5.32. The number of nitrogens with zero attached hydrogens (tertiary/aromatic N) is 1. The average molecular weight is 221 g/mol. The number of pyridine rings is 1. The van der Waals surface area contributed by atoms with Crippen LogP contribution < -0.4 is 11.5 Å². The SMILES string of the molecule is Nc1cc(CC(N)C2CCOCC2)ccn1. The van der Waals surface area contributed by atoms with Crippen LogP contribution in [0.3, 0.4) is 0 Å². The van der Waals surface area contributed by atoms with Crippen LogP contribution in [-0.2, 0) is 11.2 Å². The van der Waals surface area contributed by atoms with E-state index in [9.17, 15) is 0 Å². The smallest absolute Gasteiger partial charge is 0.123 e. The fraction of sp³-hybridized carbons (Fsp3) is 0.583. The number of anilines is 1. The monoisotopic (exact) mass is 221 g/mol. The van der Waals surface area contributed by atoms with E-state index in [1.807, 2.05) is 12.1 Å². The third-order valence-electron chi connectivity index (χ3n) is 3.19. The predicted molar refractivity (Wildman–Crippen MR) is 63.9 cm³/mol. The highest BCUT2D eigenvalue weighted by atomic mass is 16.5. The van der Waals surface area contributed by atoms with Gasteiger partial charge in [0.25, 0.3) is 0 Å². The van der Waals surface area contributed by atoms with Crippen LogP contribution in [0.2, 0.25) is 0 Å². The summed E-state index contributed by atoms with van der Waals surface area (Å²) in [5, 5.41) is 0. The molecular weight excluding hydrogens is 202 g/mol. The van der Waals surface area contributed by atoms with Gasteiger partial charge in [0.1, 0.15) is 5.82 Å². The number of rotatable bonds is 3. The number of aromatic nitrogens is 1. The Balaban J connectivity index is 1.93. The van der Waals surface area contributed by atoms with E-state index < -0.39 is 0 Å². The van der Waals surface area contributed by atoms with E-state index in [1.54, 1.807) is 6.20 Å². The predicted octanol–water partition coefficient (Wildman–Crippen LogP) is 0.960. The summed E-state index contributed by atoms with van der Waals surface area (Å²) in [6.45, 7) is 1.69. The Morgan fingerprint density at radius 3 is 2.88 bits per heavy atom. The first-order chi connectivity index (χ1) is 7.75. The lowest BCUT2D eigenvalue weighted by Gasteiger charge is -2.27. The Labute approximate surface area is 96.0 Å². The van der Waals surface area contributed by atoms with Crippen LogP contribution >= 0.6 is 0 Å². The van der Waals surface area contributed by atoms with E-state index in [0.29, 0.717) is 11.7 Å². The van der Waals surface area contributed by atoms with Crippen molar-refractivity contribution >= 4 is 5.82 Å². The third-order valence-corrected chi connectivity index (χ3v) is 3.19. The topological polar surface area (TPSA) is 74.2 Å². The van der Waals surface area contributed by atoms with Crippen LogP contribution in [0.15, 0.2) is 18.3 Å². The second-order valence-corrected chi connectivity index (χ2v) is 4.41. The zero-order valence-corrected chi connectivity index (χ0v) is 9.43. The highest BCUT2D eigenvalue weighted by Crippen LogP contribution is 2.20. The molecule has 4 N–H and O–H groups in total. The molecule has 1 aliphatic rings. The first-order valence-electron chi connectivity index (χ1n) is 5.79. The molecular formula is C12H19N3O. The molecule has 0 aliphatic carbocycles. The van der Waals surface area contributed by atoms with Crippen molar-refractivity contribution in [2.75, 3.05) is 18.9 Å². The maximum absolute atomic E-state index is 6.21. The molecule has 2 rings (SSSR count). The van der Waals surface area contributed by atoms with Gasteiger partial charge >= 0.3 is 0 Å². The minimum absolute atomic E-state index is 0.200. The largest absolute Gasteiger partial charge is 0.384 e. The Hall–Kier alpha value is -1.13. The lowest BCUT2D eigenvalue weighted by atomic mass is 9.88. The van der Waals surface area contributed by atoms with Gasteiger partial charge in [-0.15, -0.1) is 0 Å². The molecule has 1 aliphatic heterocycles. The molecule has 2 heterocycles. The molecule has 0 bridgehead atoms. The zero-order valence-electron chi connectivity index (χ0n) is 9.43.